The maximum Gasteiger partial charge on any atom is 0.0307 e. The average Bonchev–Trinajstić information content (AvgIpc) is 2.53. The Morgan fingerprint density at radius 1 is 0.950 bits per heavy atom. The zero-order valence-electron chi connectivity index (χ0n) is 12.2. The fraction of sp³-hybridized carbons (Fsp3) is 0.333. The molecule has 0 aliphatic rings. The van der Waals surface area contributed by atoms with Crippen LogP contribution in [0.1, 0.15) is 30.5 Å². The first-order chi connectivity index (χ1) is 9.79. The Bertz CT molecular complexity index is 481. The van der Waals surface area contributed by atoms with Gasteiger partial charge < -0.3 is 5.73 Å². The van der Waals surface area contributed by atoms with Crippen LogP contribution in [0.2, 0.25) is 0 Å². The van der Waals surface area contributed by atoms with Crippen molar-refractivity contribution in [3.63, 3.8) is 0 Å². The molecule has 2 aromatic rings. The molecule has 0 fully saturated rings. The molecular formula is C18H24N2. The normalized spacial score (nSPS) is 12.6. The van der Waals surface area contributed by atoms with Crippen molar-refractivity contribution in [1.29, 1.82) is 0 Å². The predicted molar refractivity (Wildman–Crippen MR) is 85.4 cm³/mol. The Labute approximate surface area is 122 Å². The monoisotopic (exact) mass is 268 g/mol. The first-order valence-corrected chi connectivity index (χ1v) is 7.36. The Morgan fingerprint density at radius 3 is 2.15 bits per heavy atom. The van der Waals surface area contributed by atoms with Gasteiger partial charge in [0.1, 0.15) is 0 Å². The molecule has 0 saturated heterocycles. The summed E-state index contributed by atoms with van der Waals surface area (Å²) >= 11 is 0. The van der Waals surface area contributed by atoms with Gasteiger partial charge in [0.2, 0.25) is 0 Å². The maximum atomic E-state index is 6.26. The van der Waals surface area contributed by atoms with Crippen LogP contribution in [0.25, 0.3) is 0 Å². The average molecular weight is 268 g/mol. The van der Waals surface area contributed by atoms with Crippen LogP contribution in [-0.4, -0.2) is 18.0 Å². The van der Waals surface area contributed by atoms with Gasteiger partial charge in [-0.15, -0.1) is 0 Å². The van der Waals surface area contributed by atoms with Crippen LogP contribution in [0.5, 0.6) is 0 Å². The zero-order chi connectivity index (χ0) is 14.2. The van der Waals surface area contributed by atoms with Gasteiger partial charge >= 0.3 is 0 Å². The van der Waals surface area contributed by atoms with Crippen molar-refractivity contribution in [3.8, 4) is 0 Å². The number of benzene rings is 2. The lowest BCUT2D eigenvalue weighted by atomic mass is 10.0. The highest BCUT2D eigenvalue weighted by Gasteiger charge is 2.09. The second-order valence-electron chi connectivity index (χ2n) is 5.16. The molecule has 0 radical (unpaired) electrons. The van der Waals surface area contributed by atoms with Crippen LogP contribution in [0, 0.1) is 0 Å². The fourth-order valence-electron chi connectivity index (χ4n) is 2.38. The number of rotatable bonds is 7. The van der Waals surface area contributed by atoms with E-state index < -0.39 is 0 Å². The van der Waals surface area contributed by atoms with Crippen molar-refractivity contribution >= 4 is 0 Å². The number of nitrogens with zero attached hydrogens (tertiary/aromatic N) is 1. The summed E-state index contributed by atoms with van der Waals surface area (Å²) in [5, 5.41) is 0. The third-order valence-corrected chi connectivity index (χ3v) is 3.68. The standard InChI is InChI=1S/C18H24N2/c1-2-20(15-16-9-5-3-6-10-16)14-13-18(19)17-11-7-4-8-12-17/h3-12,18H,2,13-15,19H2,1H3. The van der Waals surface area contributed by atoms with E-state index in [1.807, 2.05) is 6.07 Å². The highest BCUT2D eigenvalue weighted by Crippen LogP contribution is 2.14. The van der Waals surface area contributed by atoms with Crippen LogP contribution < -0.4 is 5.73 Å². The summed E-state index contributed by atoms with van der Waals surface area (Å²) in [5.41, 5.74) is 8.85. The maximum absolute atomic E-state index is 6.26. The first kappa shape index (κ1) is 14.8. The highest BCUT2D eigenvalue weighted by molar-refractivity contribution is 5.18. The number of nitrogens with two attached hydrogens (primary N) is 1. The van der Waals surface area contributed by atoms with Crippen LogP contribution in [0.15, 0.2) is 60.7 Å². The first-order valence-electron chi connectivity index (χ1n) is 7.36. The van der Waals surface area contributed by atoms with Gasteiger partial charge in [-0.2, -0.15) is 0 Å². The van der Waals surface area contributed by atoms with Crippen molar-refractivity contribution in [2.45, 2.75) is 25.9 Å². The molecule has 0 amide bonds. The Hall–Kier alpha value is -1.64. The summed E-state index contributed by atoms with van der Waals surface area (Å²) in [7, 11) is 0. The van der Waals surface area contributed by atoms with Crippen LogP contribution in [0.4, 0.5) is 0 Å². The molecule has 2 heteroatoms. The summed E-state index contributed by atoms with van der Waals surface area (Å²) in [5.74, 6) is 0. The smallest absolute Gasteiger partial charge is 0.0307 e. The van der Waals surface area contributed by atoms with Crippen LogP contribution in [0.3, 0.4) is 0 Å². The van der Waals surface area contributed by atoms with E-state index in [1.54, 1.807) is 0 Å². The Kier molecular flexibility index (Phi) is 5.78. The SMILES string of the molecule is CCN(CCC(N)c1ccccc1)Cc1ccccc1. The van der Waals surface area contributed by atoms with Crippen LogP contribution in [-0.2, 0) is 6.54 Å². The summed E-state index contributed by atoms with van der Waals surface area (Å²) in [6, 6.07) is 21.1. The largest absolute Gasteiger partial charge is 0.324 e. The van der Waals surface area contributed by atoms with Gasteiger partial charge in [-0.25, -0.2) is 0 Å². The quantitative estimate of drug-likeness (QED) is 0.831. The van der Waals surface area contributed by atoms with Gasteiger partial charge in [0.15, 0.2) is 0 Å². The van der Waals surface area contributed by atoms with Gasteiger partial charge in [-0.3, -0.25) is 4.90 Å². The van der Waals surface area contributed by atoms with Crippen molar-refractivity contribution in [3.05, 3.63) is 71.8 Å². The third kappa shape index (κ3) is 4.48. The topological polar surface area (TPSA) is 29.3 Å². The molecule has 2 nitrogen and oxygen atoms in total. The molecule has 2 N–H and O–H groups in total. The molecule has 0 saturated carbocycles. The molecule has 106 valence electrons. The van der Waals surface area contributed by atoms with Gasteiger partial charge in [-0.05, 0) is 24.1 Å². The van der Waals surface area contributed by atoms with Crippen molar-refractivity contribution < 1.29 is 0 Å². The summed E-state index contributed by atoms with van der Waals surface area (Å²) in [6.45, 7) is 5.29. The molecule has 2 rings (SSSR count). The molecule has 0 aliphatic heterocycles. The van der Waals surface area contributed by atoms with E-state index in [0.29, 0.717) is 0 Å². The van der Waals surface area contributed by atoms with Gasteiger partial charge in [0, 0.05) is 19.1 Å². The Balaban J connectivity index is 1.85. The zero-order valence-corrected chi connectivity index (χ0v) is 12.2. The van der Waals surface area contributed by atoms with Gasteiger partial charge in [0.25, 0.3) is 0 Å². The highest BCUT2D eigenvalue weighted by atomic mass is 15.1. The molecule has 1 unspecified atom stereocenters. The van der Waals surface area contributed by atoms with E-state index in [9.17, 15) is 0 Å². The molecule has 0 heterocycles. The third-order valence-electron chi connectivity index (χ3n) is 3.68. The van der Waals surface area contributed by atoms with Crippen molar-refractivity contribution in [2.75, 3.05) is 13.1 Å². The lowest BCUT2D eigenvalue weighted by Gasteiger charge is -2.22. The minimum atomic E-state index is 0.126. The van der Waals surface area contributed by atoms with Crippen molar-refractivity contribution in [2.24, 2.45) is 5.73 Å². The molecule has 0 aromatic heterocycles. The molecular weight excluding hydrogens is 244 g/mol. The van der Waals surface area contributed by atoms with Crippen LogP contribution >= 0.6 is 0 Å². The van der Waals surface area contributed by atoms with Gasteiger partial charge in [0.05, 0.1) is 0 Å². The van der Waals surface area contributed by atoms with E-state index in [-0.39, 0.29) is 6.04 Å². The molecule has 0 spiro atoms. The minimum absolute atomic E-state index is 0.126. The number of hydrogen-bond acceptors (Lipinski definition) is 2. The molecule has 20 heavy (non-hydrogen) atoms. The second kappa shape index (κ2) is 7.83. The summed E-state index contributed by atoms with van der Waals surface area (Å²) in [6.07, 6.45) is 0.991. The minimum Gasteiger partial charge on any atom is -0.324 e. The summed E-state index contributed by atoms with van der Waals surface area (Å²) in [4.78, 5) is 2.44. The van der Waals surface area contributed by atoms with Gasteiger partial charge in [-0.1, -0.05) is 67.6 Å². The molecule has 0 aliphatic carbocycles. The molecule has 2 aromatic carbocycles. The lowest BCUT2D eigenvalue weighted by Crippen LogP contribution is -2.27. The van der Waals surface area contributed by atoms with E-state index in [1.165, 1.54) is 11.1 Å². The molecule has 1 atom stereocenters. The van der Waals surface area contributed by atoms with E-state index in [2.05, 4.69) is 66.4 Å². The second-order valence-corrected chi connectivity index (χ2v) is 5.16. The number of hydrogen-bond donors (Lipinski definition) is 1. The predicted octanol–water partition coefficient (Wildman–Crippen LogP) is 3.60. The van der Waals surface area contributed by atoms with E-state index >= 15 is 0 Å². The van der Waals surface area contributed by atoms with Crippen molar-refractivity contribution in [1.82, 2.24) is 4.90 Å². The van der Waals surface area contributed by atoms with E-state index in [0.717, 1.165) is 26.1 Å². The van der Waals surface area contributed by atoms with E-state index in [4.69, 9.17) is 5.73 Å². The fourth-order valence-corrected chi connectivity index (χ4v) is 2.38. The summed E-state index contributed by atoms with van der Waals surface area (Å²) < 4.78 is 0. The Morgan fingerprint density at radius 2 is 1.55 bits per heavy atom. The molecule has 0 bridgehead atoms. The lowest BCUT2D eigenvalue weighted by molar-refractivity contribution is 0.268.